The molecule has 0 amide bonds. The number of benzene rings is 3. The number of fused-ring (bicyclic) bond motifs is 2. The van der Waals surface area contributed by atoms with Crippen molar-refractivity contribution in [3.05, 3.63) is 89.6 Å². The van der Waals surface area contributed by atoms with Gasteiger partial charge in [0.2, 0.25) is 0 Å². The molecule has 6 heteroatoms. The highest BCUT2D eigenvalue weighted by molar-refractivity contribution is 7.19. The van der Waals surface area contributed by atoms with Gasteiger partial charge in [-0.15, -0.1) is 11.3 Å². The Morgan fingerprint density at radius 1 is 1.00 bits per heavy atom. The van der Waals surface area contributed by atoms with Gasteiger partial charge in [0.15, 0.2) is 0 Å². The normalized spacial score (nSPS) is 12.2. The van der Waals surface area contributed by atoms with E-state index in [1.165, 1.54) is 11.2 Å². The van der Waals surface area contributed by atoms with Crippen LogP contribution < -0.4 is 5.32 Å². The molecule has 0 fully saturated rings. The van der Waals surface area contributed by atoms with Crippen molar-refractivity contribution in [1.29, 1.82) is 0 Å². The summed E-state index contributed by atoms with van der Waals surface area (Å²) < 4.78 is 0. The largest absolute Gasteiger partial charge is 0.480 e. The molecule has 5 nitrogen and oxygen atoms in total. The average molecular weight is 454 g/mol. The van der Waals surface area contributed by atoms with Gasteiger partial charge in [-0.1, -0.05) is 79.7 Å². The second-order valence-corrected chi connectivity index (χ2v) is 8.99. The predicted octanol–water partition coefficient (Wildman–Crippen LogP) is 6.18. The van der Waals surface area contributed by atoms with Gasteiger partial charge in [-0.05, 0) is 28.3 Å². The maximum atomic E-state index is 12.1. The van der Waals surface area contributed by atoms with Gasteiger partial charge in [-0.25, -0.2) is 14.8 Å². The summed E-state index contributed by atoms with van der Waals surface area (Å²) in [6, 6.07) is 23.4. The lowest BCUT2D eigenvalue weighted by Gasteiger charge is -2.17. The molecule has 0 radical (unpaired) electrons. The molecule has 1 atom stereocenters. The van der Waals surface area contributed by atoms with E-state index in [0.717, 1.165) is 44.1 Å². The molecular formula is C27H23N3O2S. The van der Waals surface area contributed by atoms with Crippen molar-refractivity contribution in [3.63, 3.8) is 0 Å². The van der Waals surface area contributed by atoms with Crippen LogP contribution in [0.25, 0.3) is 32.1 Å². The third-order valence-corrected chi connectivity index (χ3v) is 7.08. The zero-order valence-electron chi connectivity index (χ0n) is 18.2. The van der Waals surface area contributed by atoms with E-state index >= 15 is 0 Å². The molecule has 0 aliphatic carbocycles. The Labute approximate surface area is 195 Å². The highest BCUT2D eigenvalue weighted by Gasteiger charge is 2.24. The van der Waals surface area contributed by atoms with Crippen molar-refractivity contribution in [3.8, 4) is 11.1 Å². The van der Waals surface area contributed by atoms with Crippen LogP contribution in [-0.4, -0.2) is 27.1 Å². The van der Waals surface area contributed by atoms with Crippen molar-refractivity contribution < 1.29 is 9.90 Å². The van der Waals surface area contributed by atoms with Gasteiger partial charge >= 0.3 is 5.97 Å². The highest BCUT2D eigenvalue weighted by atomic mass is 32.1. The van der Waals surface area contributed by atoms with Gasteiger partial charge in [0, 0.05) is 16.9 Å². The minimum Gasteiger partial charge on any atom is -0.480 e. The van der Waals surface area contributed by atoms with Crippen LogP contribution in [0, 0.1) is 0 Å². The second kappa shape index (κ2) is 9.00. The summed E-state index contributed by atoms with van der Waals surface area (Å²) >= 11 is 1.64. The minimum absolute atomic E-state index is 0.357. The number of carboxylic acid groups (broad SMARTS) is 1. The Morgan fingerprint density at radius 3 is 2.55 bits per heavy atom. The molecule has 164 valence electrons. The molecule has 0 saturated heterocycles. The molecule has 2 N–H and O–H groups in total. The number of aromatic nitrogens is 2. The number of hydrogen-bond acceptors (Lipinski definition) is 5. The number of nitrogens with one attached hydrogen (secondary N) is 1. The molecule has 3 aromatic carbocycles. The zero-order valence-corrected chi connectivity index (χ0v) is 19.0. The van der Waals surface area contributed by atoms with E-state index in [0.29, 0.717) is 12.2 Å². The number of rotatable bonds is 7. The Kier molecular flexibility index (Phi) is 5.75. The number of anilines is 1. The fourth-order valence-corrected chi connectivity index (χ4v) is 5.37. The third-order valence-electron chi connectivity index (χ3n) is 5.83. The van der Waals surface area contributed by atoms with Gasteiger partial charge in [0.1, 0.15) is 23.0 Å². The first-order valence-electron chi connectivity index (χ1n) is 10.9. The fourth-order valence-electron chi connectivity index (χ4n) is 4.28. The molecule has 5 rings (SSSR count). The smallest absolute Gasteiger partial charge is 0.326 e. The number of carboxylic acids is 1. The number of nitrogens with zero attached hydrogens (tertiary/aromatic N) is 2. The summed E-state index contributed by atoms with van der Waals surface area (Å²) in [5.74, 6) is -0.356. The van der Waals surface area contributed by atoms with E-state index < -0.39 is 12.0 Å². The van der Waals surface area contributed by atoms with Crippen molar-refractivity contribution in [2.75, 3.05) is 5.32 Å². The van der Waals surface area contributed by atoms with E-state index in [4.69, 9.17) is 0 Å². The summed E-state index contributed by atoms with van der Waals surface area (Å²) in [6.07, 6.45) is 2.72. The average Bonchev–Trinajstić information content (AvgIpc) is 3.23. The predicted molar refractivity (Wildman–Crippen MR) is 135 cm³/mol. The monoisotopic (exact) mass is 453 g/mol. The van der Waals surface area contributed by atoms with Crippen molar-refractivity contribution in [1.82, 2.24) is 9.97 Å². The van der Waals surface area contributed by atoms with E-state index in [1.807, 2.05) is 42.5 Å². The molecule has 0 spiro atoms. The Hall–Kier alpha value is -3.77. The third kappa shape index (κ3) is 4.05. The summed E-state index contributed by atoms with van der Waals surface area (Å²) in [5, 5.41) is 16.4. The Balaban J connectivity index is 1.66. The van der Waals surface area contributed by atoms with E-state index in [9.17, 15) is 9.90 Å². The fraction of sp³-hybridized carbons (Fsp3) is 0.148. The quantitative estimate of drug-likeness (QED) is 0.308. The summed E-state index contributed by atoms with van der Waals surface area (Å²) in [7, 11) is 0. The Morgan fingerprint density at radius 2 is 1.76 bits per heavy atom. The van der Waals surface area contributed by atoms with Gasteiger partial charge in [-0.3, -0.25) is 0 Å². The molecule has 0 unspecified atom stereocenters. The van der Waals surface area contributed by atoms with E-state index in [-0.39, 0.29) is 0 Å². The van der Waals surface area contributed by atoms with Crippen LogP contribution in [-0.2, 0) is 17.6 Å². The first-order valence-corrected chi connectivity index (χ1v) is 11.7. The standard InChI is InChI=1S/C27H23N3O2S/c1-2-22-23(20-14-8-12-18-11-6-7-13-19(18)20)24-25(28-16-29-26(24)33-22)30-21(27(31)32)15-17-9-4-3-5-10-17/h3-14,16,21H,2,15H2,1H3,(H,31,32)(H,28,29,30)/t21-/m1/s1. The lowest BCUT2D eigenvalue weighted by molar-refractivity contribution is -0.137. The second-order valence-electron chi connectivity index (χ2n) is 7.91. The SMILES string of the molecule is CCc1sc2ncnc(N[C@H](Cc3ccccc3)C(=O)O)c2c1-c1cccc2ccccc12. The first-order chi connectivity index (χ1) is 16.2. The van der Waals surface area contributed by atoms with Crippen LogP contribution in [0.15, 0.2) is 79.1 Å². The van der Waals surface area contributed by atoms with Crippen LogP contribution in [0.4, 0.5) is 5.82 Å². The molecular weight excluding hydrogens is 430 g/mol. The first kappa shape index (κ1) is 21.1. The number of aliphatic carboxylic acids is 1. The van der Waals surface area contributed by atoms with Gasteiger partial charge < -0.3 is 10.4 Å². The zero-order chi connectivity index (χ0) is 22.8. The van der Waals surface area contributed by atoms with Crippen LogP contribution in [0.3, 0.4) is 0 Å². The molecule has 5 aromatic rings. The molecule has 0 bridgehead atoms. The van der Waals surface area contributed by atoms with Crippen LogP contribution >= 0.6 is 11.3 Å². The molecule has 33 heavy (non-hydrogen) atoms. The molecule has 2 aromatic heterocycles. The maximum Gasteiger partial charge on any atom is 0.326 e. The van der Waals surface area contributed by atoms with Crippen LogP contribution in [0.1, 0.15) is 17.4 Å². The molecule has 0 aliphatic heterocycles. The molecule has 0 saturated carbocycles. The van der Waals surface area contributed by atoms with Crippen LogP contribution in [0.2, 0.25) is 0 Å². The topological polar surface area (TPSA) is 75.1 Å². The van der Waals surface area contributed by atoms with E-state index in [2.05, 4.69) is 52.5 Å². The van der Waals surface area contributed by atoms with Crippen molar-refractivity contribution >= 4 is 44.1 Å². The van der Waals surface area contributed by atoms with E-state index in [1.54, 1.807) is 11.3 Å². The summed E-state index contributed by atoms with van der Waals surface area (Å²) in [4.78, 5) is 23.2. The Bertz CT molecular complexity index is 1440. The molecule has 2 heterocycles. The number of thiophene rings is 1. The van der Waals surface area contributed by atoms with Crippen molar-refractivity contribution in [2.24, 2.45) is 0 Å². The number of carbonyl (C=O) groups is 1. The van der Waals surface area contributed by atoms with Gasteiger partial charge in [-0.2, -0.15) is 0 Å². The van der Waals surface area contributed by atoms with Gasteiger partial charge in [0.25, 0.3) is 0 Å². The van der Waals surface area contributed by atoms with Crippen LogP contribution in [0.5, 0.6) is 0 Å². The van der Waals surface area contributed by atoms with Crippen molar-refractivity contribution in [2.45, 2.75) is 25.8 Å². The highest BCUT2D eigenvalue weighted by Crippen LogP contribution is 2.43. The number of aryl methyl sites for hydroxylation is 1. The van der Waals surface area contributed by atoms with Gasteiger partial charge in [0.05, 0.1) is 5.39 Å². The lowest BCUT2D eigenvalue weighted by Crippen LogP contribution is -2.32. The molecule has 0 aliphatic rings. The summed E-state index contributed by atoms with van der Waals surface area (Å²) in [6.45, 7) is 2.13. The minimum atomic E-state index is -0.914. The maximum absolute atomic E-state index is 12.1. The number of hydrogen-bond donors (Lipinski definition) is 2. The summed E-state index contributed by atoms with van der Waals surface area (Å²) in [5.41, 5.74) is 3.15. The lowest BCUT2D eigenvalue weighted by atomic mass is 9.96.